The van der Waals surface area contributed by atoms with E-state index in [1.54, 1.807) is 33.0 Å². The second-order valence-corrected chi connectivity index (χ2v) is 9.80. The van der Waals surface area contributed by atoms with E-state index < -0.39 is 23.9 Å². The van der Waals surface area contributed by atoms with Crippen LogP contribution in [0.25, 0.3) is 0 Å². The summed E-state index contributed by atoms with van der Waals surface area (Å²) in [5, 5.41) is 5.40. The summed E-state index contributed by atoms with van der Waals surface area (Å²) in [6.07, 6.45) is 1.28. The summed E-state index contributed by atoms with van der Waals surface area (Å²) in [7, 11) is 0. The fourth-order valence-electron chi connectivity index (χ4n) is 4.03. The summed E-state index contributed by atoms with van der Waals surface area (Å²) in [5.74, 6) is -0.326. The number of benzene rings is 1. The fourth-order valence-corrected chi connectivity index (χ4v) is 5.23. The van der Waals surface area contributed by atoms with Gasteiger partial charge in [0.15, 0.2) is 10.8 Å². The summed E-state index contributed by atoms with van der Waals surface area (Å²) in [5.41, 5.74) is 1.67. The van der Waals surface area contributed by atoms with Crippen LogP contribution in [-0.4, -0.2) is 53.1 Å². The number of halogens is 2. The third kappa shape index (κ3) is 5.00. The van der Waals surface area contributed by atoms with Crippen molar-refractivity contribution in [2.45, 2.75) is 45.4 Å². The first-order valence-electron chi connectivity index (χ1n) is 10.9. The van der Waals surface area contributed by atoms with Crippen molar-refractivity contribution in [1.82, 2.24) is 15.2 Å². The molecule has 1 N–H and O–H groups in total. The molecule has 180 valence electrons. The van der Waals surface area contributed by atoms with Gasteiger partial charge < -0.3 is 19.7 Å². The largest absolute Gasteiger partial charge is 0.463 e. The van der Waals surface area contributed by atoms with E-state index in [0.29, 0.717) is 45.1 Å². The van der Waals surface area contributed by atoms with Crippen molar-refractivity contribution in [3.8, 4) is 0 Å². The third-order valence-electron chi connectivity index (χ3n) is 5.30. The van der Waals surface area contributed by atoms with Crippen LogP contribution >= 0.6 is 27.3 Å². The first-order valence-corrected chi connectivity index (χ1v) is 12.5. The quantitative estimate of drug-likeness (QED) is 0.529. The number of fused-ring (bicyclic) bond motifs is 1. The minimum absolute atomic E-state index is 0.193. The van der Waals surface area contributed by atoms with Crippen molar-refractivity contribution in [3.05, 3.63) is 61.9 Å². The van der Waals surface area contributed by atoms with Crippen molar-refractivity contribution in [2.24, 2.45) is 4.99 Å². The van der Waals surface area contributed by atoms with Crippen LogP contribution in [0, 0.1) is 5.82 Å². The van der Waals surface area contributed by atoms with E-state index in [-0.39, 0.29) is 18.8 Å². The monoisotopic (exact) mass is 550 g/mol. The lowest BCUT2D eigenvalue weighted by atomic mass is 9.94. The molecule has 2 aliphatic rings. The van der Waals surface area contributed by atoms with Gasteiger partial charge in [0.2, 0.25) is 0 Å². The van der Waals surface area contributed by atoms with E-state index >= 15 is 0 Å². The number of aromatic nitrogens is 1. The van der Waals surface area contributed by atoms with Crippen molar-refractivity contribution in [3.63, 3.8) is 0 Å². The number of hydrogen-bond acceptors (Lipinski definition) is 8. The van der Waals surface area contributed by atoms with E-state index in [2.05, 4.69) is 26.2 Å². The van der Waals surface area contributed by atoms with Crippen molar-refractivity contribution < 1.29 is 23.5 Å². The van der Waals surface area contributed by atoms with Crippen LogP contribution in [-0.2, 0) is 14.3 Å². The Kier molecular flexibility index (Phi) is 7.32. The zero-order chi connectivity index (χ0) is 24.4. The molecular formula is C23H24BrFN4O4S. The van der Waals surface area contributed by atoms with Gasteiger partial charge in [0.1, 0.15) is 11.9 Å². The van der Waals surface area contributed by atoms with Gasteiger partial charge in [-0.15, -0.1) is 11.3 Å². The highest BCUT2D eigenvalue weighted by Crippen LogP contribution is 2.42. The average Bonchev–Trinajstić information content (AvgIpc) is 3.42. The summed E-state index contributed by atoms with van der Waals surface area (Å²) >= 11 is 4.84. The zero-order valence-electron chi connectivity index (χ0n) is 18.9. The number of amidine groups is 1. The van der Waals surface area contributed by atoms with E-state index in [0.717, 1.165) is 0 Å². The maximum absolute atomic E-state index is 13.8. The smallest absolute Gasteiger partial charge is 0.407 e. The van der Waals surface area contributed by atoms with Crippen molar-refractivity contribution in [2.75, 3.05) is 13.2 Å². The minimum atomic E-state index is -0.736. The highest BCUT2D eigenvalue weighted by Gasteiger charge is 2.43. The van der Waals surface area contributed by atoms with E-state index in [1.807, 2.05) is 10.3 Å². The van der Waals surface area contributed by atoms with Crippen molar-refractivity contribution >= 4 is 45.2 Å². The molecular weight excluding hydrogens is 527 g/mol. The number of nitrogens with one attached hydrogen (secondary N) is 1. The van der Waals surface area contributed by atoms with Gasteiger partial charge in [-0.1, -0.05) is 22.0 Å². The third-order valence-corrected chi connectivity index (χ3v) is 6.76. The molecule has 3 heterocycles. The Bertz CT molecular complexity index is 1150. The topological polar surface area (TPSA) is 93.1 Å². The molecule has 4 rings (SSSR count). The zero-order valence-corrected chi connectivity index (χ0v) is 21.3. The molecule has 0 saturated carbocycles. The molecule has 8 nitrogen and oxygen atoms in total. The molecule has 34 heavy (non-hydrogen) atoms. The fraction of sp³-hybridized carbons (Fsp3) is 0.391. The SMILES string of the molecule is CCOC(=O)C1=C2C[C@@H](NC(=O)OC(C)C)CN2C(c2nccs2)=N[C@H]1c1ccc(F)cc1Br. The number of carbonyl (C=O) groups excluding carboxylic acids is 2. The number of thiazole rings is 1. The average molecular weight is 551 g/mol. The maximum Gasteiger partial charge on any atom is 0.407 e. The number of hydrogen-bond donors (Lipinski definition) is 1. The maximum atomic E-state index is 13.8. The number of amides is 1. The number of rotatable bonds is 6. The van der Waals surface area contributed by atoms with E-state index in [9.17, 15) is 14.0 Å². The number of nitrogens with zero attached hydrogens (tertiary/aromatic N) is 3. The number of ether oxygens (including phenoxy) is 2. The second kappa shape index (κ2) is 10.2. The molecule has 2 atom stereocenters. The van der Waals surface area contributed by atoms with Gasteiger partial charge in [-0.25, -0.2) is 19.0 Å². The van der Waals surface area contributed by atoms with Gasteiger partial charge in [-0.2, -0.15) is 0 Å². The normalized spacial score (nSPS) is 19.7. The van der Waals surface area contributed by atoms with Crippen LogP contribution in [0.15, 0.2) is 50.5 Å². The Balaban J connectivity index is 1.81. The molecule has 2 aliphatic heterocycles. The van der Waals surface area contributed by atoms with Crippen molar-refractivity contribution in [1.29, 1.82) is 0 Å². The summed E-state index contributed by atoms with van der Waals surface area (Å²) in [4.78, 5) is 36.7. The molecule has 11 heteroatoms. The summed E-state index contributed by atoms with van der Waals surface area (Å²) < 4.78 is 24.9. The van der Waals surface area contributed by atoms with Crippen LogP contribution in [0.2, 0.25) is 0 Å². The van der Waals surface area contributed by atoms with Gasteiger partial charge in [-0.3, -0.25) is 4.99 Å². The number of alkyl carbamates (subject to hydrolysis) is 1. The first kappa shape index (κ1) is 24.3. The molecule has 1 aromatic heterocycles. The van der Waals surface area contributed by atoms with Crippen LogP contribution in [0.3, 0.4) is 0 Å². The predicted octanol–water partition coefficient (Wildman–Crippen LogP) is 4.57. The van der Waals surface area contributed by atoms with E-state index in [4.69, 9.17) is 14.5 Å². The van der Waals surface area contributed by atoms with E-state index in [1.165, 1.54) is 23.5 Å². The lowest BCUT2D eigenvalue weighted by molar-refractivity contribution is -0.139. The Morgan fingerprint density at radius 1 is 1.38 bits per heavy atom. The minimum Gasteiger partial charge on any atom is -0.463 e. The number of carbonyl (C=O) groups is 2. The van der Waals surface area contributed by atoms with Crippen LogP contribution in [0.4, 0.5) is 9.18 Å². The Hall–Kier alpha value is -2.79. The second-order valence-electron chi connectivity index (χ2n) is 8.05. The number of esters is 1. The number of aliphatic imine (C=N–C) groups is 1. The van der Waals surface area contributed by atoms with Crippen LogP contribution < -0.4 is 5.32 Å². The van der Waals surface area contributed by atoms with Gasteiger partial charge in [0, 0.05) is 34.7 Å². The highest BCUT2D eigenvalue weighted by atomic mass is 79.9. The molecule has 1 fully saturated rings. The Labute approximate surface area is 209 Å². The van der Waals surface area contributed by atoms with Crippen LogP contribution in [0.1, 0.15) is 43.8 Å². The predicted molar refractivity (Wildman–Crippen MR) is 129 cm³/mol. The van der Waals surface area contributed by atoms with Gasteiger partial charge in [0.05, 0.1) is 24.3 Å². The Morgan fingerprint density at radius 2 is 2.18 bits per heavy atom. The lowest BCUT2D eigenvalue weighted by Crippen LogP contribution is -2.40. The highest BCUT2D eigenvalue weighted by molar-refractivity contribution is 9.10. The molecule has 2 aromatic rings. The van der Waals surface area contributed by atoms with Gasteiger partial charge in [0.25, 0.3) is 0 Å². The lowest BCUT2D eigenvalue weighted by Gasteiger charge is -2.31. The first-order chi connectivity index (χ1) is 16.3. The molecule has 0 unspecified atom stereocenters. The molecule has 0 spiro atoms. The molecule has 0 aliphatic carbocycles. The standard InChI is InChI=1S/C23H24BrFN4O4S/c1-4-32-22(30)18-17-10-14(27-23(31)33-12(2)3)11-29(17)20(21-26-7-8-34-21)28-19(18)15-6-5-13(25)9-16(15)24/h5-9,12,14,19H,4,10-11H2,1-3H3,(H,27,31)/t14-,19+/m1/s1. The van der Waals surface area contributed by atoms with Crippen LogP contribution in [0.5, 0.6) is 0 Å². The summed E-state index contributed by atoms with van der Waals surface area (Å²) in [6.45, 7) is 5.87. The molecule has 1 amide bonds. The molecule has 1 saturated heterocycles. The molecule has 0 bridgehead atoms. The molecule has 0 radical (unpaired) electrons. The Morgan fingerprint density at radius 3 is 2.82 bits per heavy atom. The van der Waals surface area contributed by atoms with Gasteiger partial charge >= 0.3 is 12.1 Å². The summed E-state index contributed by atoms with van der Waals surface area (Å²) in [6, 6.07) is 3.23. The molecule has 1 aromatic carbocycles. The van der Waals surface area contributed by atoms with Gasteiger partial charge in [-0.05, 0) is 38.5 Å².